The highest BCUT2D eigenvalue weighted by molar-refractivity contribution is 5.94. The van der Waals surface area contributed by atoms with Crippen LogP contribution in [0.5, 0.6) is 11.5 Å². The molecule has 0 atom stereocenters. The van der Waals surface area contributed by atoms with Crippen LogP contribution in [-0.2, 0) is 0 Å². The van der Waals surface area contributed by atoms with E-state index in [-0.39, 0.29) is 11.7 Å². The Bertz CT molecular complexity index is 718. The van der Waals surface area contributed by atoms with E-state index >= 15 is 0 Å². The van der Waals surface area contributed by atoms with Crippen LogP contribution in [0.4, 0.5) is 5.69 Å². The van der Waals surface area contributed by atoms with Gasteiger partial charge >= 0.3 is 0 Å². The van der Waals surface area contributed by atoms with E-state index in [9.17, 15) is 9.90 Å². The predicted molar refractivity (Wildman–Crippen MR) is 110 cm³/mol. The van der Waals surface area contributed by atoms with Crippen molar-refractivity contribution in [1.29, 1.82) is 0 Å². The van der Waals surface area contributed by atoms with Gasteiger partial charge in [0.15, 0.2) is 0 Å². The Morgan fingerprint density at radius 3 is 2.19 bits per heavy atom. The minimum atomic E-state index is 0.0422. The Kier molecular flexibility index (Phi) is 7.74. The molecule has 1 fully saturated rings. The summed E-state index contributed by atoms with van der Waals surface area (Å²) < 4.78 is 5.44. The highest BCUT2D eigenvalue weighted by Gasteiger charge is 2.22. The summed E-state index contributed by atoms with van der Waals surface area (Å²) in [6, 6.07) is 14.4. The topological polar surface area (TPSA) is 53.0 Å². The molecule has 0 bridgehead atoms. The lowest BCUT2D eigenvalue weighted by atomic mass is 10.1. The maximum atomic E-state index is 12.6. The molecule has 5 nitrogen and oxygen atoms in total. The van der Waals surface area contributed by atoms with Gasteiger partial charge in [0.25, 0.3) is 5.91 Å². The average molecular weight is 368 g/mol. The van der Waals surface area contributed by atoms with E-state index < -0.39 is 0 Å². The van der Waals surface area contributed by atoms with Crippen LogP contribution in [-0.4, -0.2) is 48.7 Å². The summed E-state index contributed by atoms with van der Waals surface area (Å²) in [6.07, 6.45) is 1.69. The fourth-order valence-electron chi connectivity index (χ4n) is 2.86. The monoisotopic (exact) mass is 368 g/mol. The van der Waals surface area contributed by atoms with Gasteiger partial charge in [-0.15, -0.1) is 0 Å². The quantitative estimate of drug-likeness (QED) is 0.812. The Labute approximate surface area is 161 Å². The van der Waals surface area contributed by atoms with Gasteiger partial charge in [-0.1, -0.05) is 26.5 Å². The molecule has 5 heteroatoms. The van der Waals surface area contributed by atoms with Crippen molar-refractivity contribution in [1.82, 2.24) is 4.90 Å². The molecule has 2 aromatic rings. The van der Waals surface area contributed by atoms with Gasteiger partial charge in [0, 0.05) is 37.4 Å². The molecule has 1 aliphatic heterocycles. The summed E-state index contributed by atoms with van der Waals surface area (Å²) in [4.78, 5) is 16.7. The zero-order valence-corrected chi connectivity index (χ0v) is 16.1. The molecule has 1 N–H and O–H groups in total. The van der Waals surface area contributed by atoms with E-state index in [0.717, 1.165) is 24.5 Å². The van der Waals surface area contributed by atoms with Crippen molar-refractivity contribution < 1.29 is 14.6 Å². The van der Waals surface area contributed by atoms with E-state index in [2.05, 4.69) is 11.5 Å². The summed E-state index contributed by atoms with van der Waals surface area (Å²) in [5.74, 6) is 1.03. The first-order valence-electron chi connectivity index (χ1n) is 9.34. The Balaban J connectivity index is 0.00000126. The number of benzene rings is 2. The fourth-order valence-corrected chi connectivity index (χ4v) is 2.86. The maximum absolute atomic E-state index is 12.6. The molecule has 3 rings (SSSR count). The van der Waals surface area contributed by atoms with Gasteiger partial charge in [0.1, 0.15) is 18.1 Å². The molecule has 1 saturated heterocycles. The largest absolute Gasteiger partial charge is 0.508 e. The normalized spacial score (nSPS) is 13.4. The van der Waals surface area contributed by atoms with Crippen LogP contribution < -0.4 is 9.64 Å². The van der Waals surface area contributed by atoms with E-state index in [1.54, 1.807) is 30.3 Å². The molecule has 2 aromatic carbocycles. The van der Waals surface area contributed by atoms with Gasteiger partial charge < -0.3 is 19.6 Å². The molecule has 0 aromatic heterocycles. The van der Waals surface area contributed by atoms with Crippen molar-refractivity contribution in [3.05, 3.63) is 66.7 Å². The van der Waals surface area contributed by atoms with Crippen molar-refractivity contribution in [2.45, 2.75) is 13.8 Å². The standard InChI is InChI=1S/C20H22N2O3.C2H6/c1-2-15-25-19-9-3-16(4-10-19)20(24)22-13-11-21(12-14-22)17-5-7-18(23)8-6-17;1-2/h2-10,23H,1,11-15H2;1-2H3. The molecule has 1 amide bonds. The summed E-state index contributed by atoms with van der Waals surface area (Å²) >= 11 is 0. The van der Waals surface area contributed by atoms with Crippen LogP contribution >= 0.6 is 0 Å². The third-order valence-electron chi connectivity index (χ3n) is 4.25. The number of phenols is 1. The van der Waals surface area contributed by atoms with E-state index in [1.807, 2.05) is 43.0 Å². The van der Waals surface area contributed by atoms with Crippen LogP contribution in [0.2, 0.25) is 0 Å². The van der Waals surface area contributed by atoms with Crippen LogP contribution in [0, 0.1) is 0 Å². The number of phenolic OH excluding ortho intramolecular Hbond substituents is 1. The Morgan fingerprint density at radius 2 is 1.63 bits per heavy atom. The highest BCUT2D eigenvalue weighted by Crippen LogP contribution is 2.21. The lowest BCUT2D eigenvalue weighted by molar-refractivity contribution is 0.0747. The van der Waals surface area contributed by atoms with Gasteiger partial charge in [-0.05, 0) is 48.5 Å². The number of nitrogens with zero attached hydrogens (tertiary/aromatic N) is 2. The highest BCUT2D eigenvalue weighted by atomic mass is 16.5. The molecular formula is C22H28N2O3. The number of aromatic hydroxyl groups is 1. The first-order valence-corrected chi connectivity index (χ1v) is 9.34. The molecule has 0 spiro atoms. The number of piperazine rings is 1. The summed E-state index contributed by atoms with van der Waals surface area (Å²) in [5.41, 5.74) is 1.73. The number of amides is 1. The predicted octanol–water partition coefficient (Wildman–Crippen LogP) is 3.95. The van der Waals surface area contributed by atoms with Crippen LogP contribution in [0.1, 0.15) is 24.2 Å². The molecule has 27 heavy (non-hydrogen) atoms. The Hall–Kier alpha value is -2.95. The first kappa shape index (κ1) is 20.4. The van der Waals surface area contributed by atoms with E-state index in [0.29, 0.717) is 25.3 Å². The number of carbonyl (C=O) groups excluding carboxylic acids is 1. The van der Waals surface area contributed by atoms with Crippen LogP contribution in [0.15, 0.2) is 61.2 Å². The number of anilines is 1. The van der Waals surface area contributed by atoms with Gasteiger partial charge in [0.05, 0.1) is 0 Å². The second kappa shape index (κ2) is 10.3. The zero-order chi connectivity index (χ0) is 19.6. The molecule has 0 radical (unpaired) electrons. The van der Waals surface area contributed by atoms with Crippen molar-refractivity contribution in [2.24, 2.45) is 0 Å². The van der Waals surface area contributed by atoms with Gasteiger partial charge in [0.2, 0.25) is 0 Å². The molecule has 0 saturated carbocycles. The number of hydrogen-bond acceptors (Lipinski definition) is 4. The number of rotatable bonds is 5. The lowest BCUT2D eigenvalue weighted by Gasteiger charge is -2.36. The minimum Gasteiger partial charge on any atom is -0.508 e. The van der Waals surface area contributed by atoms with Gasteiger partial charge in [-0.25, -0.2) is 0 Å². The molecular weight excluding hydrogens is 340 g/mol. The molecule has 0 unspecified atom stereocenters. The molecule has 1 heterocycles. The summed E-state index contributed by atoms with van der Waals surface area (Å²) in [6.45, 7) is 11.0. The van der Waals surface area contributed by atoms with Crippen LogP contribution in [0.25, 0.3) is 0 Å². The number of carbonyl (C=O) groups is 1. The third-order valence-corrected chi connectivity index (χ3v) is 4.25. The zero-order valence-electron chi connectivity index (χ0n) is 16.1. The Morgan fingerprint density at radius 1 is 1.04 bits per heavy atom. The average Bonchev–Trinajstić information content (AvgIpc) is 2.74. The van der Waals surface area contributed by atoms with E-state index in [4.69, 9.17) is 4.74 Å². The molecule has 144 valence electrons. The fraction of sp³-hybridized carbons (Fsp3) is 0.318. The first-order chi connectivity index (χ1) is 13.2. The maximum Gasteiger partial charge on any atom is 0.253 e. The van der Waals surface area contributed by atoms with Crippen molar-refractivity contribution in [2.75, 3.05) is 37.7 Å². The smallest absolute Gasteiger partial charge is 0.253 e. The van der Waals surface area contributed by atoms with Gasteiger partial charge in [-0.3, -0.25) is 4.79 Å². The summed E-state index contributed by atoms with van der Waals surface area (Å²) in [5, 5.41) is 9.38. The summed E-state index contributed by atoms with van der Waals surface area (Å²) in [7, 11) is 0. The second-order valence-electron chi connectivity index (χ2n) is 5.92. The van der Waals surface area contributed by atoms with Crippen molar-refractivity contribution >= 4 is 11.6 Å². The number of hydrogen-bond donors (Lipinski definition) is 1. The van der Waals surface area contributed by atoms with Crippen molar-refractivity contribution in [3.8, 4) is 11.5 Å². The molecule has 1 aliphatic rings. The third kappa shape index (κ3) is 5.51. The lowest BCUT2D eigenvalue weighted by Crippen LogP contribution is -2.48. The van der Waals surface area contributed by atoms with Gasteiger partial charge in [-0.2, -0.15) is 0 Å². The van der Waals surface area contributed by atoms with Crippen molar-refractivity contribution in [3.63, 3.8) is 0 Å². The minimum absolute atomic E-state index is 0.0422. The second-order valence-corrected chi connectivity index (χ2v) is 5.92. The van der Waals surface area contributed by atoms with Crippen LogP contribution in [0.3, 0.4) is 0 Å². The van der Waals surface area contributed by atoms with E-state index in [1.165, 1.54) is 0 Å². The molecule has 0 aliphatic carbocycles. The SMILES string of the molecule is C=CCOc1ccc(C(=O)N2CCN(c3ccc(O)cc3)CC2)cc1.CC. The number of ether oxygens (including phenoxy) is 1.